The van der Waals surface area contributed by atoms with Gasteiger partial charge >= 0.3 is 0 Å². The molecule has 0 aliphatic carbocycles. The van der Waals surface area contributed by atoms with Crippen LogP contribution in [0.3, 0.4) is 0 Å². The van der Waals surface area contributed by atoms with Gasteiger partial charge in [-0.15, -0.1) is 10.2 Å². The molecule has 0 aliphatic heterocycles. The fraction of sp³-hybridized carbons (Fsp3) is 0.286. The molecule has 2 aromatic carbocycles. The van der Waals surface area contributed by atoms with Gasteiger partial charge in [0.25, 0.3) is 0 Å². The normalized spacial score (nSPS) is 11.8. The lowest BCUT2D eigenvalue weighted by molar-refractivity contribution is -0.113. The summed E-state index contributed by atoms with van der Waals surface area (Å²) in [6.07, 6.45) is -0.312. The van der Waals surface area contributed by atoms with E-state index in [2.05, 4.69) is 15.5 Å². The van der Waals surface area contributed by atoms with Crippen LogP contribution >= 0.6 is 23.4 Å². The zero-order valence-electron chi connectivity index (χ0n) is 17.2. The summed E-state index contributed by atoms with van der Waals surface area (Å²) in [5.74, 6) is 2.19. The van der Waals surface area contributed by atoms with Crippen molar-refractivity contribution in [1.29, 1.82) is 0 Å². The predicted molar refractivity (Wildman–Crippen MR) is 119 cm³/mol. The minimum atomic E-state index is -0.312. The number of nitrogens with zero attached hydrogens (tertiary/aromatic N) is 3. The fourth-order valence-corrected chi connectivity index (χ4v) is 3.67. The highest BCUT2D eigenvalue weighted by atomic mass is 35.5. The van der Waals surface area contributed by atoms with Crippen LogP contribution in [0.4, 0.5) is 5.69 Å². The van der Waals surface area contributed by atoms with E-state index in [4.69, 9.17) is 21.1 Å². The Morgan fingerprint density at radius 2 is 1.90 bits per heavy atom. The van der Waals surface area contributed by atoms with Gasteiger partial charge in [0.15, 0.2) is 17.1 Å². The Kier molecular flexibility index (Phi) is 7.23. The Hall–Kier alpha value is -2.71. The number of halogens is 1. The van der Waals surface area contributed by atoms with Crippen LogP contribution in [0, 0.1) is 6.92 Å². The third-order valence-electron chi connectivity index (χ3n) is 4.48. The first kappa shape index (κ1) is 22.0. The topological polar surface area (TPSA) is 78.3 Å². The number of thioether (sulfide) groups is 1. The van der Waals surface area contributed by atoms with Crippen molar-refractivity contribution in [3.63, 3.8) is 0 Å². The number of carbonyl (C=O) groups excluding carboxylic acids is 1. The number of carbonyl (C=O) groups is 1. The lowest BCUT2D eigenvalue weighted by Crippen LogP contribution is -2.15. The molecule has 0 radical (unpaired) electrons. The third kappa shape index (κ3) is 5.25. The Morgan fingerprint density at radius 3 is 2.60 bits per heavy atom. The summed E-state index contributed by atoms with van der Waals surface area (Å²) in [6, 6.07) is 12.8. The molecule has 7 nitrogen and oxygen atoms in total. The van der Waals surface area contributed by atoms with Crippen LogP contribution in [0.2, 0.25) is 5.02 Å². The van der Waals surface area contributed by atoms with Gasteiger partial charge in [-0.1, -0.05) is 29.4 Å². The van der Waals surface area contributed by atoms with Gasteiger partial charge in [-0.05, 0) is 55.8 Å². The number of amides is 1. The summed E-state index contributed by atoms with van der Waals surface area (Å²) in [7, 11) is 3.47. The Labute approximate surface area is 184 Å². The molecule has 1 N–H and O–H groups in total. The number of hydrogen-bond donors (Lipinski definition) is 1. The highest BCUT2D eigenvalue weighted by molar-refractivity contribution is 7.99. The van der Waals surface area contributed by atoms with Gasteiger partial charge in [0.2, 0.25) is 5.91 Å². The van der Waals surface area contributed by atoms with Crippen molar-refractivity contribution in [3.8, 4) is 11.5 Å². The van der Waals surface area contributed by atoms with Crippen molar-refractivity contribution in [2.75, 3.05) is 18.2 Å². The highest BCUT2D eigenvalue weighted by Gasteiger charge is 2.18. The van der Waals surface area contributed by atoms with Crippen LogP contribution in [0.25, 0.3) is 0 Å². The van der Waals surface area contributed by atoms with Gasteiger partial charge in [-0.3, -0.25) is 4.79 Å². The van der Waals surface area contributed by atoms with E-state index in [0.29, 0.717) is 27.4 Å². The first-order chi connectivity index (χ1) is 14.4. The van der Waals surface area contributed by atoms with E-state index in [9.17, 15) is 4.79 Å². The van der Waals surface area contributed by atoms with Crippen LogP contribution in [0.1, 0.15) is 24.4 Å². The smallest absolute Gasteiger partial charge is 0.234 e. The van der Waals surface area contributed by atoms with E-state index >= 15 is 0 Å². The molecule has 1 heterocycles. The summed E-state index contributed by atoms with van der Waals surface area (Å²) in [6.45, 7) is 3.77. The number of methoxy groups -OCH3 is 1. The molecule has 0 saturated carbocycles. The first-order valence-corrected chi connectivity index (χ1v) is 10.6. The maximum Gasteiger partial charge on any atom is 0.234 e. The average Bonchev–Trinajstić information content (AvgIpc) is 3.11. The molecule has 0 saturated heterocycles. The van der Waals surface area contributed by atoms with Crippen LogP contribution in [0.15, 0.2) is 47.6 Å². The quantitative estimate of drug-likeness (QED) is 0.507. The predicted octanol–water partition coefficient (Wildman–Crippen LogP) is 4.66. The van der Waals surface area contributed by atoms with Gasteiger partial charge in [0.05, 0.1) is 12.9 Å². The van der Waals surface area contributed by atoms with Crippen molar-refractivity contribution in [3.05, 3.63) is 58.9 Å². The summed E-state index contributed by atoms with van der Waals surface area (Å²) in [5, 5.41) is 12.5. The second-order valence-corrected chi connectivity index (χ2v) is 7.93. The molecule has 30 heavy (non-hydrogen) atoms. The van der Waals surface area contributed by atoms with Crippen LogP contribution in [-0.4, -0.2) is 33.5 Å². The number of anilines is 1. The summed E-state index contributed by atoms with van der Waals surface area (Å²) in [4.78, 5) is 12.3. The maximum atomic E-state index is 12.3. The number of nitrogens with one attached hydrogen (secondary N) is 1. The van der Waals surface area contributed by atoms with Crippen molar-refractivity contribution >= 4 is 35.0 Å². The zero-order chi connectivity index (χ0) is 21.7. The number of benzene rings is 2. The Morgan fingerprint density at radius 1 is 1.20 bits per heavy atom. The molecule has 1 aromatic heterocycles. The fourth-order valence-electron chi connectivity index (χ4n) is 2.78. The molecule has 3 aromatic rings. The van der Waals surface area contributed by atoms with E-state index in [-0.39, 0.29) is 17.8 Å². The lowest BCUT2D eigenvalue weighted by Gasteiger charge is -2.14. The third-order valence-corrected chi connectivity index (χ3v) is 5.91. The van der Waals surface area contributed by atoms with Gasteiger partial charge in [0, 0.05) is 17.8 Å². The molecule has 0 fully saturated rings. The highest BCUT2D eigenvalue weighted by Crippen LogP contribution is 2.26. The van der Waals surface area contributed by atoms with Crippen LogP contribution in [0.5, 0.6) is 11.5 Å². The molecule has 3 rings (SSSR count). The standard InChI is InChI=1S/C21H23ClN4O3S/c1-13-17(22)6-5-7-18(13)23-19(27)12-30-21-25-24-20(26(21)3)14(2)29-16-10-8-15(28-4)9-11-16/h5-11,14H,12H2,1-4H3,(H,23,27). The number of aromatic nitrogens is 3. The largest absolute Gasteiger partial charge is 0.497 e. The van der Waals surface area contributed by atoms with Crippen LogP contribution < -0.4 is 14.8 Å². The molecule has 1 amide bonds. The van der Waals surface area contributed by atoms with E-state index in [1.54, 1.807) is 19.2 Å². The van der Waals surface area contributed by atoms with Gasteiger partial charge in [-0.2, -0.15) is 0 Å². The first-order valence-electron chi connectivity index (χ1n) is 9.26. The Bertz CT molecular complexity index is 1020. The van der Waals surface area contributed by atoms with E-state index < -0.39 is 0 Å². The summed E-state index contributed by atoms with van der Waals surface area (Å²) < 4.78 is 12.9. The Balaban J connectivity index is 1.59. The maximum absolute atomic E-state index is 12.3. The molecule has 0 aliphatic rings. The van der Waals surface area contributed by atoms with E-state index in [1.807, 2.05) is 55.8 Å². The lowest BCUT2D eigenvalue weighted by atomic mass is 10.2. The van der Waals surface area contributed by atoms with Gasteiger partial charge in [0.1, 0.15) is 11.5 Å². The molecular weight excluding hydrogens is 424 g/mol. The summed E-state index contributed by atoms with van der Waals surface area (Å²) in [5.41, 5.74) is 1.54. The van der Waals surface area contributed by atoms with E-state index in [0.717, 1.165) is 11.3 Å². The molecule has 1 unspecified atom stereocenters. The minimum Gasteiger partial charge on any atom is -0.497 e. The molecule has 9 heteroatoms. The summed E-state index contributed by atoms with van der Waals surface area (Å²) >= 11 is 7.41. The monoisotopic (exact) mass is 446 g/mol. The van der Waals surface area contributed by atoms with Crippen molar-refractivity contribution in [2.45, 2.75) is 25.1 Å². The zero-order valence-corrected chi connectivity index (χ0v) is 18.8. The molecular formula is C21H23ClN4O3S. The van der Waals surface area contributed by atoms with Gasteiger partial charge in [-0.25, -0.2) is 0 Å². The molecule has 158 valence electrons. The second kappa shape index (κ2) is 9.86. The van der Waals surface area contributed by atoms with Crippen LogP contribution in [-0.2, 0) is 11.8 Å². The number of hydrogen-bond acceptors (Lipinski definition) is 6. The SMILES string of the molecule is COc1ccc(OC(C)c2nnc(SCC(=O)Nc3cccc(Cl)c3C)n2C)cc1. The van der Waals surface area contributed by atoms with Crippen molar-refractivity contribution < 1.29 is 14.3 Å². The van der Waals surface area contributed by atoms with Gasteiger partial charge < -0.3 is 19.4 Å². The number of rotatable bonds is 8. The molecule has 0 bridgehead atoms. The second-order valence-electron chi connectivity index (χ2n) is 6.58. The van der Waals surface area contributed by atoms with Crippen molar-refractivity contribution in [2.24, 2.45) is 7.05 Å². The average molecular weight is 447 g/mol. The molecule has 1 atom stereocenters. The number of ether oxygens (including phenoxy) is 2. The van der Waals surface area contributed by atoms with E-state index in [1.165, 1.54) is 11.8 Å². The van der Waals surface area contributed by atoms with Crippen molar-refractivity contribution in [1.82, 2.24) is 14.8 Å². The minimum absolute atomic E-state index is 0.141. The molecule has 0 spiro atoms.